The van der Waals surface area contributed by atoms with Crippen LogP contribution in [-0.2, 0) is 6.42 Å². The molecule has 0 aliphatic carbocycles. The lowest BCUT2D eigenvalue weighted by atomic mass is 10.1. The van der Waals surface area contributed by atoms with Gasteiger partial charge in [0.2, 0.25) is 0 Å². The molecule has 0 aliphatic heterocycles. The standard InChI is InChI=1S/C10H12O4S2/c1-3-5-6(8(11)12)7(9(13)14)10(16-5)15-4-2/h3-4H2,1-2H3,(H,11,12)(H,13,14). The Morgan fingerprint density at radius 3 is 2.12 bits per heavy atom. The number of thiophene rings is 1. The Hall–Kier alpha value is -1.01. The third-order valence-electron chi connectivity index (χ3n) is 1.97. The van der Waals surface area contributed by atoms with Crippen LogP contribution in [0.25, 0.3) is 0 Å². The number of carbonyl (C=O) groups is 2. The van der Waals surface area contributed by atoms with E-state index in [9.17, 15) is 9.59 Å². The van der Waals surface area contributed by atoms with Crippen LogP contribution in [0.5, 0.6) is 0 Å². The monoisotopic (exact) mass is 260 g/mol. The van der Waals surface area contributed by atoms with Gasteiger partial charge < -0.3 is 10.2 Å². The molecule has 1 heterocycles. The van der Waals surface area contributed by atoms with Crippen molar-refractivity contribution in [2.24, 2.45) is 0 Å². The van der Waals surface area contributed by atoms with Crippen LogP contribution in [0.4, 0.5) is 0 Å². The minimum absolute atomic E-state index is 0.0454. The maximum atomic E-state index is 11.1. The molecular formula is C10H12O4S2. The van der Waals surface area contributed by atoms with Gasteiger partial charge in [-0.15, -0.1) is 23.1 Å². The molecule has 6 heteroatoms. The first-order chi connectivity index (χ1) is 7.52. The zero-order chi connectivity index (χ0) is 12.3. The van der Waals surface area contributed by atoms with Crippen molar-refractivity contribution < 1.29 is 19.8 Å². The Balaban J connectivity index is 3.41. The minimum Gasteiger partial charge on any atom is -0.478 e. The summed E-state index contributed by atoms with van der Waals surface area (Å²) in [6.07, 6.45) is 0.539. The molecule has 4 nitrogen and oxygen atoms in total. The zero-order valence-electron chi connectivity index (χ0n) is 8.94. The average Bonchev–Trinajstić information content (AvgIpc) is 2.57. The Bertz CT molecular complexity index is 423. The maximum absolute atomic E-state index is 11.1. The van der Waals surface area contributed by atoms with Gasteiger partial charge >= 0.3 is 11.9 Å². The lowest BCUT2D eigenvalue weighted by molar-refractivity contribution is 0.0649. The van der Waals surface area contributed by atoms with Crippen LogP contribution in [0, 0.1) is 0 Å². The highest BCUT2D eigenvalue weighted by Gasteiger charge is 2.26. The highest BCUT2D eigenvalue weighted by Crippen LogP contribution is 2.36. The fourth-order valence-electron chi connectivity index (χ4n) is 1.36. The number of hydrogen-bond acceptors (Lipinski definition) is 4. The van der Waals surface area contributed by atoms with E-state index < -0.39 is 11.9 Å². The molecule has 1 rings (SSSR count). The number of carboxylic acids is 2. The van der Waals surface area contributed by atoms with Crippen molar-refractivity contribution in [3.8, 4) is 0 Å². The number of hydrogen-bond donors (Lipinski definition) is 2. The Kier molecular flexibility index (Phi) is 4.37. The predicted octanol–water partition coefficient (Wildman–Crippen LogP) is 2.82. The molecule has 16 heavy (non-hydrogen) atoms. The molecule has 1 aromatic heterocycles. The molecule has 0 fully saturated rings. The van der Waals surface area contributed by atoms with E-state index in [0.29, 0.717) is 15.5 Å². The van der Waals surface area contributed by atoms with Gasteiger partial charge in [-0.25, -0.2) is 9.59 Å². The molecule has 0 bridgehead atoms. The summed E-state index contributed by atoms with van der Waals surface area (Å²) in [6, 6.07) is 0. The van der Waals surface area contributed by atoms with Crippen molar-refractivity contribution in [1.82, 2.24) is 0 Å². The second-order valence-electron chi connectivity index (χ2n) is 2.96. The topological polar surface area (TPSA) is 74.6 Å². The van der Waals surface area contributed by atoms with Crippen LogP contribution >= 0.6 is 23.1 Å². The average molecular weight is 260 g/mol. The summed E-state index contributed by atoms with van der Waals surface area (Å²) >= 11 is 2.64. The molecule has 0 aromatic carbocycles. The van der Waals surface area contributed by atoms with E-state index in [1.807, 2.05) is 13.8 Å². The van der Waals surface area contributed by atoms with Crippen LogP contribution < -0.4 is 0 Å². The van der Waals surface area contributed by atoms with Crippen LogP contribution in [0.15, 0.2) is 4.21 Å². The first-order valence-corrected chi connectivity index (χ1v) is 6.58. The summed E-state index contributed by atoms with van der Waals surface area (Å²) < 4.78 is 0.587. The second kappa shape index (κ2) is 5.36. The van der Waals surface area contributed by atoms with E-state index in [1.54, 1.807) is 0 Å². The summed E-state index contributed by atoms with van der Waals surface area (Å²) in [5, 5.41) is 18.1. The van der Waals surface area contributed by atoms with E-state index in [2.05, 4.69) is 0 Å². The van der Waals surface area contributed by atoms with E-state index in [-0.39, 0.29) is 11.1 Å². The normalized spacial score (nSPS) is 10.4. The van der Waals surface area contributed by atoms with Gasteiger partial charge in [0.15, 0.2) is 0 Å². The Morgan fingerprint density at radius 2 is 1.75 bits per heavy atom. The number of aryl methyl sites for hydroxylation is 1. The molecule has 0 saturated carbocycles. The quantitative estimate of drug-likeness (QED) is 0.796. The fourth-order valence-corrected chi connectivity index (χ4v) is 3.80. The summed E-state index contributed by atoms with van der Waals surface area (Å²) in [5.41, 5.74) is -0.0999. The molecule has 0 atom stereocenters. The van der Waals surface area contributed by atoms with E-state index in [0.717, 1.165) is 5.75 Å². The summed E-state index contributed by atoms with van der Waals surface area (Å²) in [5.74, 6) is -1.60. The van der Waals surface area contributed by atoms with Gasteiger partial charge in [0.05, 0.1) is 15.3 Å². The van der Waals surface area contributed by atoms with Gasteiger partial charge in [-0.3, -0.25) is 0 Å². The first-order valence-electron chi connectivity index (χ1n) is 4.77. The van der Waals surface area contributed by atoms with Gasteiger partial charge in [-0.2, -0.15) is 0 Å². The molecule has 0 radical (unpaired) electrons. The highest BCUT2D eigenvalue weighted by atomic mass is 32.2. The highest BCUT2D eigenvalue weighted by molar-refractivity contribution is 8.01. The second-order valence-corrected chi connectivity index (χ2v) is 5.60. The van der Waals surface area contributed by atoms with Crippen molar-refractivity contribution in [3.05, 3.63) is 16.0 Å². The van der Waals surface area contributed by atoms with Gasteiger partial charge in [0, 0.05) is 4.88 Å². The predicted molar refractivity (Wildman–Crippen MR) is 64.0 cm³/mol. The fraction of sp³-hybridized carbons (Fsp3) is 0.400. The van der Waals surface area contributed by atoms with Gasteiger partial charge in [0.25, 0.3) is 0 Å². The maximum Gasteiger partial charge on any atom is 0.338 e. The molecule has 0 saturated heterocycles. The largest absolute Gasteiger partial charge is 0.478 e. The number of aromatic carboxylic acids is 2. The van der Waals surface area contributed by atoms with Crippen molar-refractivity contribution in [3.63, 3.8) is 0 Å². The molecule has 0 amide bonds. The summed E-state index contributed by atoms with van der Waals surface area (Å²) in [4.78, 5) is 22.8. The molecule has 1 aromatic rings. The number of thioether (sulfide) groups is 1. The van der Waals surface area contributed by atoms with Crippen molar-refractivity contribution in [2.45, 2.75) is 24.5 Å². The number of carboxylic acid groups (broad SMARTS) is 2. The van der Waals surface area contributed by atoms with Crippen LogP contribution in [0.3, 0.4) is 0 Å². The van der Waals surface area contributed by atoms with Crippen molar-refractivity contribution in [1.29, 1.82) is 0 Å². The van der Waals surface area contributed by atoms with Crippen molar-refractivity contribution in [2.75, 3.05) is 5.75 Å². The molecule has 0 spiro atoms. The van der Waals surface area contributed by atoms with Crippen LogP contribution in [0.1, 0.15) is 39.4 Å². The third kappa shape index (κ3) is 2.38. The molecule has 2 N–H and O–H groups in total. The minimum atomic E-state index is -1.16. The number of rotatable bonds is 5. The molecule has 0 unspecified atom stereocenters. The first kappa shape index (κ1) is 13.1. The van der Waals surface area contributed by atoms with Gasteiger partial charge in [0.1, 0.15) is 0 Å². The smallest absolute Gasteiger partial charge is 0.338 e. The summed E-state index contributed by atoms with van der Waals surface area (Å²) in [7, 11) is 0. The van der Waals surface area contributed by atoms with Crippen molar-refractivity contribution >= 4 is 35.0 Å². The van der Waals surface area contributed by atoms with E-state index in [1.165, 1.54) is 23.1 Å². The SMILES string of the molecule is CCSc1sc(CC)c(C(=O)O)c1C(=O)O. The van der Waals surface area contributed by atoms with Crippen LogP contribution in [0.2, 0.25) is 0 Å². The lowest BCUT2D eigenvalue weighted by Gasteiger charge is -1.98. The van der Waals surface area contributed by atoms with E-state index >= 15 is 0 Å². The Morgan fingerprint density at radius 1 is 1.19 bits per heavy atom. The van der Waals surface area contributed by atoms with Crippen LogP contribution in [-0.4, -0.2) is 27.9 Å². The molecule has 88 valence electrons. The van der Waals surface area contributed by atoms with E-state index in [4.69, 9.17) is 10.2 Å². The van der Waals surface area contributed by atoms with Gasteiger partial charge in [-0.1, -0.05) is 13.8 Å². The van der Waals surface area contributed by atoms with Gasteiger partial charge in [-0.05, 0) is 12.2 Å². The molecule has 0 aliphatic rings. The Labute approximate surface area is 101 Å². The zero-order valence-corrected chi connectivity index (χ0v) is 10.6. The lowest BCUT2D eigenvalue weighted by Crippen LogP contribution is -2.07. The summed E-state index contributed by atoms with van der Waals surface area (Å²) in [6.45, 7) is 3.73. The third-order valence-corrected chi connectivity index (χ3v) is 4.46. The molecular weight excluding hydrogens is 248 g/mol.